The van der Waals surface area contributed by atoms with Crippen LogP contribution in [0, 0.1) is 12.7 Å². The molecule has 0 saturated heterocycles. The van der Waals surface area contributed by atoms with E-state index in [9.17, 15) is 4.39 Å². The van der Waals surface area contributed by atoms with E-state index in [1.54, 1.807) is 19.1 Å². The molecule has 0 aliphatic rings. The number of benzene rings is 1. The molecule has 0 aliphatic heterocycles. The van der Waals surface area contributed by atoms with E-state index in [4.69, 9.17) is 23.2 Å². The second kappa shape index (κ2) is 4.81. The number of aryl methyl sites for hydroxylation is 1. The van der Waals surface area contributed by atoms with E-state index in [1.165, 1.54) is 6.07 Å². The normalized spacial score (nSPS) is 10.4. The van der Waals surface area contributed by atoms with Gasteiger partial charge in [0.2, 0.25) is 5.28 Å². The van der Waals surface area contributed by atoms with Crippen LogP contribution in [-0.4, -0.2) is 15.2 Å². The third kappa shape index (κ3) is 2.81. The topological polar surface area (TPSA) is 50.7 Å². The van der Waals surface area contributed by atoms with Crippen molar-refractivity contribution in [1.82, 2.24) is 15.2 Å². The van der Waals surface area contributed by atoms with Gasteiger partial charge in [-0.25, -0.2) is 4.39 Å². The van der Waals surface area contributed by atoms with Crippen molar-refractivity contribution in [3.8, 4) is 0 Å². The van der Waals surface area contributed by atoms with Gasteiger partial charge in [0.25, 0.3) is 0 Å². The maximum absolute atomic E-state index is 13.1. The number of hydrogen-bond donors (Lipinski definition) is 1. The Morgan fingerprint density at radius 2 is 2.00 bits per heavy atom. The Labute approximate surface area is 107 Å². The molecule has 88 valence electrons. The maximum Gasteiger partial charge on any atom is 0.245 e. The molecule has 0 fully saturated rings. The molecule has 0 aliphatic carbocycles. The Balaban J connectivity index is 2.31. The third-order valence-electron chi connectivity index (χ3n) is 2.04. The zero-order valence-corrected chi connectivity index (χ0v) is 10.2. The van der Waals surface area contributed by atoms with Gasteiger partial charge in [0.15, 0.2) is 11.0 Å². The van der Waals surface area contributed by atoms with Crippen LogP contribution in [0.4, 0.5) is 15.9 Å². The van der Waals surface area contributed by atoms with Crippen LogP contribution < -0.4 is 5.32 Å². The molecule has 1 aromatic heterocycles. The van der Waals surface area contributed by atoms with Crippen molar-refractivity contribution in [1.29, 1.82) is 0 Å². The van der Waals surface area contributed by atoms with Gasteiger partial charge in [-0.15, -0.1) is 10.2 Å². The molecule has 0 saturated carbocycles. The van der Waals surface area contributed by atoms with Crippen LogP contribution >= 0.6 is 23.2 Å². The third-order valence-corrected chi connectivity index (χ3v) is 2.46. The molecule has 17 heavy (non-hydrogen) atoms. The van der Waals surface area contributed by atoms with Crippen molar-refractivity contribution < 1.29 is 4.39 Å². The van der Waals surface area contributed by atoms with Crippen LogP contribution in [0.5, 0.6) is 0 Å². The molecule has 0 bridgehead atoms. The van der Waals surface area contributed by atoms with E-state index < -0.39 is 0 Å². The zero-order chi connectivity index (χ0) is 12.4. The first-order valence-corrected chi connectivity index (χ1v) is 5.41. The van der Waals surface area contributed by atoms with E-state index in [2.05, 4.69) is 20.5 Å². The van der Waals surface area contributed by atoms with Gasteiger partial charge in [0, 0.05) is 5.69 Å². The molecule has 4 nitrogen and oxygen atoms in total. The van der Waals surface area contributed by atoms with Crippen molar-refractivity contribution in [2.24, 2.45) is 0 Å². The lowest BCUT2D eigenvalue weighted by Crippen LogP contribution is -1.99. The smallest absolute Gasteiger partial charge is 0.245 e. The zero-order valence-electron chi connectivity index (χ0n) is 8.71. The van der Waals surface area contributed by atoms with Crippen molar-refractivity contribution in [3.05, 3.63) is 40.0 Å². The summed E-state index contributed by atoms with van der Waals surface area (Å²) in [6, 6.07) is 4.54. The van der Waals surface area contributed by atoms with Gasteiger partial charge in [-0.2, -0.15) is 4.98 Å². The minimum atomic E-state index is -0.277. The molecule has 2 aromatic rings. The second-order valence-corrected chi connectivity index (χ2v) is 4.01. The highest BCUT2D eigenvalue weighted by Crippen LogP contribution is 2.22. The van der Waals surface area contributed by atoms with Gasteiger partial charge < -0.3 is 5.32 Å². The summed E-state index contributed by atoms with van der Waals surface area (Å²) in [7, 11) is 0. The van der Waals surface area contributed by atoms with Crippen LogP contribution in [0.15, 0.2) is 18.2 Å². The standard InChI is InChI=1S/C10H7Cl2FN4/c1-5-4-6(2-3-7(5)13)14-9-8(11)16-17-10(12)15-9/h2-4H,1H3,(H,14,15,17). The van der Waals surface area contributed by atoms with Crippen molar-refractivity contribution in [3.63, 3.8) is 0 Å². The van der Waals surface area contributed by atoms with Gasteiger partial charge in [-0.1, -0.05) is 11.6 Å². The molecular weight excluding hydrogens is 266 g/mol. The van der Waals surface area contributed by atoms with Gasteiger partial charge in [-0.05, 0) is 42.3 Å². The number of rotatable bonds is 2. The van der Waals surface area contributed by atoms with Crippen LogP contribution in [0.25, 0.3) is 0 Å². The van der Waals surface area contributed by atoms with Crippen molar-refractivity contribution in [2.45, 2.75) is 6.92 Å². The molecule has 0 radical (unpaired) electrons. The first kappa shape index (κ1) is 12.0. The Morgan fingerprint density at radius 3 is 2.71 bits per heavy atom. The molecule has 0 atom stereocenters. The van der Waals surface area contributed by atoms with E-state index in [0.717, 1.165) is 0 Å². The lowest BCUT2D eigenvalue weighted by Gasteiger charge is -2.07. The highest BCUT2D eigenvalue weighted by molar-refractivity contribution is 6.32. The predicted octanol–water partition coefficient (Wildman–Crippen LogP) is 3.37. The van der Waals surface area contributed by atoms with E-state index in [-0.39, 0.29) is 22.1 Å². The van der Waals surface area contributed by atoms with Gasteiger partial charge in [0.05, 0.1) is 0 Å². The van der Waals surface area contributed by atoms with E-state index in [0.29, 0.717) is 11.3 Å². The monoisotopic (exact) mass is 272 g/mol. The average molecular weight is 273 g/mol. The molecule has 1 heterocycles. The first-order valence-electron chi connectivity index (χ1n) is 4.65. The fourth-order valence-electron chi connectivity index (χ4n) is 1.23. The lowest BCUT2D eigenvalue weighted by atomic mass is 10.2. The number of aromatic nitrogens is 3. The summed E-state index contributed by atoms with van der Waals surface area (Å²) in [6.45, 7) is 1.66. The number of halogens is 3. The average Bonchev–Trinajstić information content (AvgIpc) is 2.29. The van der Waals surface area contributed by atoms with Gasteiger partial charge in [0.1, 0.15) is 5.82 Å². The van der Waals surface area contributed by atoms with Crippen molar-refractivity contribution >= 4 is 34.7 Å². The minimum Gasteiger partial charge on any atom is -0.337 e. The molecule has 0 amide bonds. The molecular formula is C10H7Cl2FN4. The summed E-state index contributed by atoms with van der Waals surface area (Å²) in [5.74, 6) is -0.00170. The van der Waals surface area contributed by atoms with Gasteiger partial charge in [-0.3, -0.25) is 0 Å². The lowest BCUT2D eigenvalue weighted by molar-refractivity contribution is 0.619. The predicted molar refractivity (Wildman–Crippen MR) is 64.3 cm³/mol. The summed E-state index contributed by atoms with van der Waals surface area (Å²) in [5.41, 5.74) is 1.15. The molecule has 7 heteroatoms. The van der Waals surface area contributed by atoms with Gasteiger partial charge >= 0.3 is 0 Å². The Hall–Kier alpha value is -1.46. The summed E-state index contributed by atoms with van der Waals surface area (Å²) in [4.78, 5) is 3.88. The summed E-state index contributed by atoms with van der Waals surface area (Å²) >= 11 is 11.4. The maximum atomic E-state index is 13.1. The molecule has 2 rings (SSSR count). The fourth-order valence-corrected chi connectivity index (χ4v) is 1.48. The Morgan fingerprint density at radius 1 is 1.24 bits per heavy atom. The number of hydrogen-bond acceptors (Lipinski definition) is 4. The van der Waals surface area contributed by atoms with Crippen molar-refractivity contribution in [2.75, 3.05) is 5.32 Å². The van der Waals surface area contributed by atoms with Crippen LogP contribution in [0.3, 0.4) is 0 Å². The highest BCUT2D eigenvalue weighted by Gasteiger charge is 2.07. The molecule has 1 aromatic carbocycles. The quantitative estimate of drug-likeness (QED) is 0.911. The first-order chi connectivity index (χ1) is 8.06. The SMILES string of the molecule is Cc1cc(Nc2nc(Cl)nnc2Cl)ccc1F. The summed E-state index contributed by atoms with van der Waals surface area (Å²) in [6.07, 6.45) is 0. The summed E-state index contributed by atoms with van der Waals surface area (Å²) < 4.78 is 13.1. The number of nitrogens with zero attached hydrogens (tertiary/aromatic N) is 3. The van der Waals surface area contributed by atoms with Crippen LogP contribution in [0.1, 0.15) is 5.56 Å². The molecule has 0 spiro atoms. The molecule has 1 N–H and O–H groups in total. The largest absolute Gasteiger partial charge is 0.337 e. The Bertz CT molecular complexity index is 562. The minimum absolute atomic E-state index is 0.0178. The van der Waals surface area contributed by atoms with Crippen LogP contribution in [-0.2, 0) is 0 Å². The number of nitrogens with one attached hydrogen (secondary N) is 1. The van der Waals surface area contributed by atoms with E-state index >= 15 is 0 Å². The highest BCUT2D eigenvalue weighted by atomic mass is 35.5. The number of anilines is 2. The fraction of sp³-hybridized carbons (Fsp3) is 0.100. The summed E-state index contributed by atoms with van der Waals surface area (Å²) in [5, 5.41) is 10.0. The second-order valence-electron chi connectivity index (χ2n) is 3.31. The van der Waals surface area contributed by atoms with E-state index in [1.807, 2.05) is 0 Å². The van der Waals surface area contributed by atoms with Crippen LogP contribution in [0.2, 0.25) is 10.4 Å². The molecule has 0 unspecified atom stereocenters. The Kier molecular flexibility index (Phi) is 3.40.